The summed E-state index contributed by atoms with van der Waals surface area (Å²) >= 11 is 3.61. The third kappa shape index (κ3) is 14.4. The standard InChI is InChI=1S/C24H26BN5OS.C14H12OS.C10H16BN5O3.CH4/c1-25(31)30-15-13-29(14-16-30)22-12-11-21-24(27-22)28-23(26-21)19-7-9-20(10-8-19)32-17-18-5-3-2-4-6-18;15-10-12-6-8-14(9-7-12)16-11-13-4-2-1-3-5-13;1-11(17)15-6-4-14(5-7-15)9-3-2-8(16(18)19)10(12)13-9;/h2-12,31H,13-17H2,1H3,(H,26,27,28);1-10H,11H2;2-3,17H,4-7H2,1H3,(H2,12,13);1H4. The van der Waals surface area contributed by atoms with Crippen LogP contribution in [-0.4, -0.2) is 117 Å². The smallest absolute Gasteiger partial charge is 0.376 e. The zero-order valence-corrected chi connectivity index (χ0v) is 39.2. The second kappa shape index (κ2) is 25.2. The first-order valence-electron chi connectivity index (χ1n) is 22.1. The average Bonchev–Trinajstić information content (AvgIpc) is 3.80. The highest BCUT2D eigenvalue weighted by molar-refractivity contribution is 7.98. The summed E-state index contributed by atoms with van der Waals surface area (Å²) in [6, 6.07) is 44.1. The maximum Gasteiger partial charge on any atom is 0.376 e. The molecule has 5 heterocycles. The second-order valence-electron chi connectivity index (χ2n) is 16.0. The van der Waals surface area contributed by atoms with E-state index in [0.29, 0.717) is 18.9 Å². The number of nitrogens with one attached hydrogen (secondary N) is 1. The van der Waals surface area contributed by atoms with E-state index in [4.69, 9.17) is 15.7 Å². The monoisotopic (exact) mass is 952 g/mol. The highest BCUT2D eigenvalue weighted by Gasteiger charge is 2.25. The van der Waals surface area contributed by atoms with Crippen molar-refractivity contribution in [2.45, 2.75) is 42.4 Å². The Labute approximate surface area is 407 Å². The molecule has 0 radical (unpaired) electrons. The number of anilines is 3. The van der Waals surface area contributed by atoms with E-state index in [2.05, 4.69) is 86.4 Å². The van der Waals surface area contributed by atoms with Crippen molar-refractivity contribution in [3.63, 3.8) is 0 Å². The van der Waals surface area contributed by atoms with Gasteiger partial charge in [-0.15, -0.1) is 23.5 Å². The summed E-state index contributed by atoms with van der Waals surface area (Å²) in [5, 5.41) is 29.9. The predicted molar refractivity (Wildman–Crippen MR) is 280 cm³/mol. The first-order valence-corrected chi connectivity index (χ1v) is 24.1. The van der Waals surface area contributed by atoms with Crippen molar-refractivity contribution in [3.8, 4) is 11.4 Å². The minimum atomic E-state index is -0.544. The molecule has 68 heavy (non-hydrogen) atoms. The molecule has 0 atom stereocenters. The normalized spacial score (nSPS) is 13.9. The fourth-order valence-corrected chi connectivity index (χ4v) is 9.17. The summed E-state index contributed by atoms with van der Waals surface area (Å²) in [5.74, 6) is 4.26. The molecule has 2 saturated heterocycles. The third-order valence-corrected chi connectivity index (χ3v) is 13.6. The number of carbonyl (C=O) groups excluding carboxylic acids is 1. The van der Waals surface area contributed by atoms with Crippen LogP contribution in [0.1, 0.15) is 28.9 Å². The molecule has 0 unspecified atom stereocenters. The lowest BCUT2D eigenvalue weighted by Crippen LogP contribution is -2.51. The summed E-state index contributed by atoms with van der Waals surface area (Å²) in [4.78, 5) is 48.3. The first-order chi connectivity index (χ1) is 32.5. The molecule has 0 aliphatic carbocycles. The molecule has 15 nitrogen and oxygen atoms in total. The van der Waals surface area contributed by atoms with E-state index in [1.807, 2.05) is 82.9 Å². The van der Waals surface area contributed by atoms with E-state index < -0.39 is 19.0 Å². The number of imidazole rings is 1. The van der Waals surface area contributed by atoms with Crippen molar-refractivity contribution in [2.24, 2.45) is 0 Å². The molecule has 2 aliphatic heterocycles. The van der Waals surface area contributed by atoms with Crippen LogP contribution >= 0.6 is 23.5 Å². The molecule has 0 amide bonds. The van der Waals surface area contributed by atoms with Gasteiger partial charge in [0.15, 0.2) is 5.65 Å². The molecular formula is C49H58B2N10O5S2. The molecule has 9 rings (SSSR count). The Morgan fingerprint density at radius 2 is 1.13 bits per heavy atom. The van der Waals surface area contributed by atoms with E-state index in [0.717, 1.165) is 91.0 Å². The Morgan fingerprint density at radius 3 is 1.59 bits per heavy atom. The maximum absolute atomic E-state index is 10.7. The van der Waals surface area contributed by atoms with Gasteiger partial charge < -0.3 is 40.2 Å². The van der Waals surface area contributed by atoms with Gasteiger partial charge in [0.1, 0.15) is 23.7 Å². The maximum atomic E-state index is 10.7. The van der Waals surface area contributed by atoms with Gasteiger partial charge in [-0.3, -0.25) is 14.9 Å². The summed E-state index contributed by atoms with van der Waals surface area (Å²) in [5.41, 5.74) is 11.5. The number of benzene rings is 4. The van der Waals surface area contributed by atoms with Gasteiger partial charge in [0, 0.05) is 90.8 Å². The van der Waals surface area contributed by atoms with Crippen LogP contribution in [0, 0.1) is 10.1 Å². The van der Waals surface area contributed by atoms with Gasteiger partial charge in [0.05, 0.1) is 10.4 Å². The molecule has 352 valence electrons. The number of aromatic nitrogens is 4. The number of carbonyl (C=O) groups is 1. The number of fused-ring (bicyclic) bond motifs is 1. The van der Waals surface area contributed by atoms with Gasteiger partial charge in [-0.1, -0.05) is 92.4 Å². The number of aldehydes is 1. The second-order valence-corrected chi connectivity index (χ2v) is 18.1. The summed E-state index contributed by atoms with van der Waals surface area (Å²) in [6.45, 7) is 9.76. The molecule has 2 fully saturated rings. The molecule has 0 saturated carbocycles. The van der Waals surface area contributed by atoms with Crippen molar-refractivity contribution in [1.29, 1.82) is 0 Å². The first kappa shape index (κ1) is 51.2. The lowest BCUT2D eigenvalue weighted by molar-refractivity contribution is -0.384. The van der Waals surface area contributed by atoms with Crippen molar-refractivity contribution in [2.75, 3.05) is 67.9 Å². The van der Waals surface area contributed by atoms with Crippen LogP contribution in [0.2, 0.25) is 13.6 Å². The summed E-state index contributed by atoms with van der Waals surface area (Å²) in [7, 11) is -0.860. The number of piperazine rings is 2. The molecule has 4 aromatic carbocycles. The number of nitrogens with zero attached hydrogens (tertiary/aromatic N) is 8. The largest absolute Gasteiger partial charge is 0.437 e. The average molecular weight is 953 g/mol. The van der Waals surface area contributed by atoms with E-state index in [1.54, 1.807) is 24.7 Å². The Kier molecular flexibility index (Phi) is 19.0. The van der Waals surface area contributed by atoms with Crippen LogP contribution in [-0.2, 0) is 11.5 Å². The van der Waals surface area contributed by atoms with E-state index in [9.17, 15) is 25.0 Å². The molecule has 0 spiro atoms. The predicted octanol–water partition coefficient (Wildman–Crippen LogP) is 8.38. The van der Waals surface area contributed by atoms with E-state index >= 15 is 0 Å². The van der Waals surface area contributed by atoms with Crippen molar-refractivity contribution in [3.05, 3.63) is 160 Å². The number of H-pyrrole nitrogens is 1. The summed E-state index contributed by atoms with van der Waals surface area (Å²) in [6.07, 6.45) is 0.867. The number of aromatic amines is 1. The van der Waals surface area contributed by atoms with Gasteiger partial charge in [-0.25, -0.2) is 15.0 Å². The van der Waals surface area contributed by atoms with Crippen molar-refractivity contribution in [1.82, 2.24) is 29.6 Å². The van der Waals surface area contributed by atoms with Gasteiger partial charge in [-0.2, -0.15) is 0 Å². The Hall–Kier alpha value is -6.21. The fraction of sp³-hybridized carbons (Fsp3) is 0.265. The lowest BCUT2D eigenvalue weighted by atomic mass is 9.84. The minimum absolute atomic E-state index is 0. The molecule has 5 N–H and O–H groups in total. The van der Waals surface area contributed by atoms with Gasteiger partial charge in [0.25, 0.3) is 0 Å². The zero-order chi connectivity index (χ0) is 47.1. The number of nitro groups is 1. The molecule has 0 bridgehead atoms. The third-order valence-electron chi connectivity index (χ3n) is 11.4. The number of hydrogen-bond donors (Lipinski definition) is 4. The van der Waals surface area contributed by atoms with Crippen LogP contribution in [0.15, 0.2) is 143 Å². The number of nitrogens with two attached hydrogens (primary N) is 1. The lowest BCUT2D eigenvalue weighted by Gasteiger charge is -2.35. The minimum Gasteiger partial charge on any atom is -0.437 e. The van der Waals surface area contributed by atoms with Crippen LogP contribution < -0.4 is 15.5 Å². The van der Waals surface area contributed by atoms with Crippen molar-refractivity contribution >= 4 is 78.2 Å². The SMILES string of the molecule is C.CB(O)N1CCN(c2ccc([N+](=O)[O-])c(N)n2)CC1.CB(O)N1CCN(c2ccc3[nH]c(-c4ccc(SCc5ccccc5)cc4)nc3n2)CC1.O=Cc1ccc(SCc2ccccc2)cc1. The quantitative estimate of drug-likeness (QED) is 0.0283. The molecule has 3 aromatic heterocycles. The van der Waals surface area contributed by atoms with E-state index in [1.165, 1.54) is 27.0 Å². The van der Waals surface area contributed by atoms with Crippen LogP contribution in [0.25, 0.3) is 22.6 Å². The topological polar surface area (TPSA) is 194 Å². The van der Waals surface area contributed by atoms with Crippen LogP contribution in [0.3, 0.4) is 0 Å². The Balaban J connectivity index is 0.000000181. The van der Waals surface area contributed by atoms with Crippen LogP contribution in [0.5, 0.6) is 0 Å². The Bertz CT molecular complexity index is 2650. The van der Waals surface area contributed by atoms with E-state index in [-0.39, 0.29) is 18.9 Å². The highest BCUT2D eigenvalue weighted by atomic mass is 32.2. The molecular weight excluding hydrogens is 894 g/mol. The Morgan fingerprint density at radius 1 is 0.662 bits per heavy atom. The number of pyridine rings is 2. The van der Waals surface area contributed by atoms with Crippen LogP contribution in [0.4, 0.5) is 23.1 Å². The molecule has 19 heteroatoms. The number of thioether (sulfide) groups is 2. The number of hydrogen-bond acceptors (Lipinski definition) is 15. The van der Waals surface area contributed by atoms with Gasteiger partial charge in [0.2, 0.25) is 5.82 Å². The van der Waals surface area contributed by atoms with Gasteiger partial charge >= 0.3 is 19.8 Å². The van der Waals surface area contributed by atoms with Gasteiger partial charge in [-0.05, 0) is 67.2 Å². The molecule has 7 aromatic rings. The van der Waals surface area contributed by atoms with Crippen molar-refractivity contribution < 1.29 is 19.8 Å². The highest BCUT2D eigenvalue weighted by Crippen LogP contribution is 2.28. The zero-order valence-electron chi connectivity index (χ0n) is 37.6. The molecule has 2 aliphatic rings. The summed E-state index contributed by atoms with van der Waals surface area (Å²) < 4.78 is 0. The number of rotatable bonds is 13. The number of nitrogen functional groups attached to an aromatic ring is 1. The fourth-order valence-electron chi connectivity index (χ4n) is 7.47.